The summed E-state index contributed by atoms with van der Waals surface area (Å²) in [5.41, 5.74) is 4.21. The number of rotatable bonds is 4. The van der Waals surface area contributed by atoms with Gasteiger partial charge in [0.1, 0.15) is 0 Å². The van der Waals surface area contributed by atoms with Gasteiger partial charge in [-0.25, -0.2) is 0 Å². The van der Waals surface area contributed by atoms with E-state index in [2.05, 4.69) is 26.5 Å². The second-order valence-corrected chi connectivity index (χ2v) is 5.10. The zero-order valence-electron chi connectivity index (χ0n) is 10.1. The van der Waals surface area contributed by atoms with Crippen LogP contribution in [0.5, 0.6) is 0 Å². The number of nitrogens with zero attached hydrogens (tertiary/aromatic N) is 2. The lowest BCUT2D eigenvalue weighted by atomic mass is 10.2. The van der Waals surface area contributed by atoms with Gasteiger partial charge < -0.3 is 0 Å². The number of nitro groups is 1. The lowest BCUT2D eigenvalue weighted by Gasteiger charge is -2.02. The zero-order valence-corrected chi connectivity index (χ0v) is 12.4. The fraction of sp³-hybridized carbons (Fsp3) is 0. The third kappa shape index (κ3) is 3.79. The fourth-order valence-electron chi connectivity index (χ4n) is 1.42. The van der Waals surface area contributed by atoms with Crippen molar-refractivity contribution in [2.75, 3.05) is 5.43 Å². The van der Waals surface area contributed by atoms with Crippen molar-refractivity contribution < 1.29 is 4.92 Å². The number of nitro benzene ring substituents is 1. The van der Waals surface area contributed by atoms with Crippen molar-refractivity contribution in [2.24, 2.45) is 5.10 Å². The zero-order chi connectivity index (χ0) is 14.5. The summed E-state index contributed by atoms with van der Waals surface area (Å²) in [4.78, 5) is 10.1. The number of hydrazone groups is 1. The smallest absolute Gasteiger partial charge is 0.269 e. The highest BCUT2D eigenvalue weighted by molar-refractivity contribution is 9.10. The van der Waals surface area contributed by atoms with Gasteiger partial charge in [0, 0.05) is 22.2 Å². The van der Waals surface area contributed by atoms with Gasteiger partial charge in [0.15, 0.2) is 5.17 Å². The van der Waals surface area contributed by atoms with Gasteiger partial charge in [-0.1, -0.05) is 27.5 Å². The molecule has 0 saturated carbocycles. The van der Waals surface area contributed by atoms with Crippen LogP contribution in [0.25, 0.3) is 0 Å². The Morgan fingerprint density at radius 2 is 1.75 bits per heavy atom. The molecule has 0 heterocycles. The third-order valence-electron chi connectivity index (χ3n) is 2.44. The summed E-state index contributed by atoms with van der Waals surface area (Å²) in [7, 11) is 0. The van der Waals surface area contributed by atoms with Crippen LogP contribution in [0.15, 0.2) is 58.1 Å². The largest absolute Gasteiger partial charge is 0.277 e. The topological polar surface area (TPSA) is 67.5 Å². The first kappa shape index (κ1) is 14.5. The molecule has 5 nitrogen and oxygen atoms in total. The number of non-ortho nitro benzene ring substituents is 1. The molecule has 0 aliphatic heterocycles. The molecule has 0 unspecified atom stereocenters. The van der Waals surface area contributed by atoms with Gasteiger partial charge in [-0.15, -0.1) is 0 Å². The van der Waals surface area contributed by atoms with E-state index < -0.39 is 4.92 Å². The standard InChI is InChI=1S/C13H9BrClN3O2/c14-10-3-5-11(6-4-10)16-17-13(15)9-1-7-12(8-2-9)18(19)20/h1-8,16H. The van der Waals surface area contributed by atoms with Crippen molar-refractivity contribution >= 4 is 44.1 Å². The molecule has 7 heteroatoms. The molecule has 102 valence electrons. The van der Waals surface area contributed by atoms with Gasteiger partial charge in [0.25, 0.3) is 5.69 Å². The SMILES string of the molecule is O=[N+]([O-])c1ccc(C(Cl)=NNc2ccc(Br)cc2)cc1. The first-order valence-corrected chi connectivity index (χ1v) is 6.73. The predicted octanol–water partition coefficient (Wildman–Crippen LogP) is 4.37. The van der Waals surface area contributed by atoms with E-state index in [0.29, 0.717) is 5.56 Å². The molecular weight excluding hydrogens is 346 g/mol. The van der Waals surface area contributed by atoms with Crippen LogP contribution in [-0.4, -0.2) is 10.1 Å². The molecule has 2 aromatic carbocycles. The van der Waals surface area contributed by atoms with E-state index in [1.54, 1.807) is 12.1 Å². The maximum Gasteiger partial charge on any atom is 0.269 e. The summed E-state index contributed by atoms with van der Waals surface area (Å²) in [5, 5.41) is 14.8. The Morgan fingerprint density at radius 3 is 2.30 bits per heavy atom. The Morgan fingerprint density at radius 1 is 1.15 bits per heavy atom. The lowest BCUT2D eigenvalue weighted by molar-refractivity contribution is -0.384. The maximum atomic E-state index is 10.5. The molecule has 2 aromatic rings. The predicted molar refractivity (Wildman–Crippen MR) is 83.3 cm³/mol. The molecule has 0 radical (unpaired) electrons. The van der Waals surface area contributed by atoms with Gasteiger partial charge in [0.05, 0.1) is 10.6 Å². The molecule has 0 aliphatic rings. The average Bonchev–Trinajstić information content (AvgIpc) is 2.46. The monoisotopic (exact) mass is 353 g/mol. The number of hydrogen-bond acceptors (Lipinski definition) is 4. The van der Waals surface area contributed by atoms with E-state index in [0.717, 1.165) is 10.2 Å². The second-order valence-electron chi connectivity index (χ2n) is 3.83. The Balaban J connectivity index is 2.09. The van der Waals surface area contributed by atoms with Gasteiger partial charge in [-0.2, -0.15) is 5.10 Å². The van der Waals surface area contributed by atoms with Crippen molar-refractivity contribution in [3.05, 3.63) is 68.7 Å². The normalized spacial score (nSPS) is 11.2. The summed E-state index contributed by atoms with van der Waals surface area (Å²) in [6, 6.07) is 13.3. The van der Waals surface area contributed by atoms with Gasteiger partial charge in [-0.3, -0.25) is 15.5 Å². The Bertz CT molecular complexity index is 642. The van der Waals surface area contributed by atoms with E-state index in [4.69, 9.17) is 11.6 Å². The van der Waals surface area contributed by atoms with Crippen molar-refractivity contribution in [2.45, 2.75) is 0 Å². The number of halogens is 2. The molecule has 0 saturated heterocycles. The van der Waals surface area contributed by atoms with Crippen LogP contribution < -0.4 is 5.43 Å². The highest BCUT2D eigenvalue weighted by atomic mass is 79.9. The van der Waals surface area contributed by atoms with Crippen LogP contribution in [0.2, 0.25) is 0 Å². The van der Waals surface area contributed by atoms with Crippen molar-refractivity contribution in [1.82, 2.24) is 0 Å². The van der Waals surface area contributed by atoms with Crippen LogP contribution in [0.1, 0.15) is 5.56 Å². The molecule has 0 fully saturated rings. The van der Waals surface area contributed by atoms with Crippen molar-refractivity contribution in [3.63, 3.8) is 0 Å². The molecular formula is C13H9BrClN3O2. The first-order valence-electron chi connectivity index (χ1n) is 5.56. The minimum Gasteiger partial charge on any atom is -0.277 e. The van der Waals surface area contributed by atoms with Crippen LogP contribution in [-0.2, 0) is 0 Å². The number of benzene rings is 2. The number of hydrogen-bond donors (Lipinski definition) is 1. The molecule has 2 rings (SSSR count). The fourth-order valence-corrected chi connectivity index (χ4v) is 1.86. The van der Waals surface area contributed by atoms with Crippen LogP contribution >= 0.6 is 27.5 Å². The molecule has 0 aromatic heterocycles. The van der Waals surface area contributed by atoms with E-state index in [1.165, 1.54) is 12.1 Å². The van der Waals surface area contributed by atoms with E-state index in [-0.39, 0.29) is 10.9 Å². The summed E-state index contributed by atoms with van der Waals surface area (Å²) in [6.07, 6.45) is 0. The van der Waals surface area contributed by atoms with Gasteiger partial charge in [-0.05, 0) is 36.4 Å². The van der Waals surface area contributed by atoms with Crippen LogP contribution in [0, 0.1) is 10.1 Å². The molecule has 0 amide bonds. The average molecular weight is 355 g/mol. The molecule has 0 atom stereocenters. The van der Waals surface area contributed by atoms with E-state index >= 15 is 0 Å². The Kier molecular flexibility index (Phi) is 4.70. The van der Waals surface area contributed by atoms with Crippen molar-refractivity contribution in [3.8, 4) is 0 Å². The minimum atomic E-state index is -0.463. The maximum absolute atomic E-state index is 10.5. The molecule has 0 aliphatic carbocycles. The Labute approximate surface area is 128 Å². The lowest BCUT2D eigenvalue weighted by Crippen LogP contribution is -1.97. The molecule has 1 N–H and O–H groups in total. The van der Waals surface area contributed by atoms with Gasteiger partial charge >= 0.3 is 0 Å². The quantitative estimate of drug-likeness (QED) is 0.503. The molecule has 0 bridgehead atoms. The molecule has 0 spiro atoms. The Hall–Kier alpha value is -1.92. The summed E-state index contributed by atoms with van der Waals surface area (Å²) < 4.78 is 0.966. The highest BCUT2D eigenvalue weighted by Gasteiger charge is 2.06. The third-order valence-corrected chi connectivity index (χ3v) is 3.28. The highest BCUT2D eigenvalue weighted by Crippen LogP contribution is 2.16. The summed E-state index contributed by atoms with van der Waals surface area (Å²) >= 11 is 9.36. The summed E-state index contributed by atoms with van der Waals surface area (Å²) in [5.74, 6) is 0. The van der Waals surface area contributed by atoms with E-state index in [1.807, 2.05) is 24.3 Å². The minimum absolute atomic E-state index is 0.0130. The van der Waals surface area contributed by atoms with Gasteiger partial charge in [0.2, 0.25) is 0 Å². The van der Waals surface area contributed by atoms with Crippen LogP contribution in [0.3, 0.4) is 0 Å². The molecule has 20 heavy (non-hydrogen) atoms. The summed E-state index contributed by atoms with van der Waals surface area (Å²) in [6.45, 7) is 0. The second kappa shape index (κ2) is 6.49. The van der Waals surface area contributed by atoms with Crippen LogP contribution in [0.4, 0.5) is 11.4 Å². The van der Waals surface area contributed by atoms with E-state index in [9.17, 15) is 10.1 Å². The number of anilines is 1. The number of nitrogens with one attached hydrogen (secondary N) is 1. The van der Waals surface area contributed by atoms with Crippen molar-refractivity contribution in [1.29, 1.82) is 0 Å². The first-order chi connectivity index (χ1) is 9.56.